The van der Waals surface area contributed by atoms with Gasteiger partial charge in [-0.25, -0.2) is 0 Å². The van der Waals surface area contributed by atoms with Crippen LogP contribution in [0.5, 0.6) is 0 Å². The zero-order valence-electron chi connectivity index (χ0n) is 12.2. The predicted molar refractivity (Wildman–Crippen MR) is 83.7 cm³/mol. The van der Waals surface area contributed by atoms with E-state index in [1.54, 1.807) is 0 Å². The van der Waals surface area contributed by atoms with Gasteiger partial charge in [-0.2, -0.15) is 0 Å². The Morgan fingerprint density at radius 3 is 2.89 bits per heavy atom. The fourth-order valence-electron chi connectivity index (χ4n) is 3.49. The van der Waals surface area contributed by atoms with Crippen LogP contribution in [0.2, 0.25) is 5.02 Å². The van der Waals surface area contributed by atoms with Crippen molar-refractivity contribution in [1.82, 2.24) is 5.32 Å². The number of rotatable bonds is 5. The van der Waals surface area contributed by atoms with Crippen LogP contribution in [0.4, 0.5) is 0 Å². The second kappa shape index (κ2) is 7.31. The maximum atomic E-state index is 6.08. The molecule has 1 aliphatic rings. The van der Waals surface area contributed by atoms with E-state index >= 15 is 0 Å². The first kappa shape index (κ1) is 14.9. The Balaban J connectivity index is 1.99. The number of likely N-dealkylation sites (N-methyl/N-ethyl adjacent to an activating group) is 1. The first-order chi connectivity index (χ1) is 9.22. The molecule has 1 nitrogen and oxygen atoms in total. The van der Waals surface area contributed by atoms with Crippen LogP contribution >= 0.6 is 11.6 Å². The summed E-state index contributed by atoms with van der Waals surface area (Å²) in [5.74, 6) is 1.76. The van der Waals surface area contributed by atoms with Gasteiger partial charge < -0.3 is 5.32 Å². The molecule has 2 heteroatoms. The third-order valence-electron chi connectivity index (χ3n) is 4.69. The highest BCUT2D eigenvalue weighted by atomic mass is 35.5. The van der Waals surface area contributed by atoms with Gasteiger partial charge in [0, 0.05) is 11.1 Å². The standard InChI is InChI=1S/C17H26ClN/c1-3-13-6-4-8-15(10-13)17(19-2)12-14-7-5-9-16(18)11-14/h5,7,9,11,13,15,17,19H,3-4,6,8,10,12H2,1-2H3. The highest BCUT2D eigenvalue weighted by molar-refractivity contribution is 6.30. The minimum Gasteiger partial charge on any atom is -0.316 e. The van der Waals surface area contributed by atoms with Crippen LogP contribution in [0.25, 0.3) is 0 Å². The van der Waals surface area contributed by atoms with Gasteiger partial charge in [0.05, 0.1) is 0 Å². The molecule has 3 atom stereocenters. The molecule has 0 radical (unpaired) electrons. The lowest BCUT2D eigenvalue weighted by Crippen LogP contribution is -2.38. The average molecular weight is 280 g/mol. The lowest BCUT2D eigenvalue weighted by atomic mass is 9.75. The molecule has 1 saturated carbocycles. The Labute approximate surface area is 122 Å². The summed E-state index contributed by atoms with van der Waals surface area (Å²) < 4.78 is 0. The van der Waals surface area contributed by atoms with Crippen molar-refractivity contribution >= 4 is 11.6 Å². The van der Waals surface area contributed by atoms with E-state index in [0.717, 1.165) is 23.3 Å². The lowest BCUT2D eigenvalue weighted by molar-refractivity contribution is 0.212. The van der Waals surface area contributed by atoms with Crippen molar-refractivity contribution in [3.63, 3.8) is 0 Å². The summed E-state index contributed by atoms with van der Waals surface area (Å²) in [5, 5.41) is 4.39. The number of benzene rings is 1. The summed E-state index contributed by atoms with van der Waals surface area (Å²) >= 11 is 6.08. The van der Waals surface area contributed by atoms with Gasteiger partial charge in [-0.1, -0.05) is 49.9 Å². The molecular formula is C17H26ClN. The Morgan fingerprint density at radius 1 is 1.37 bits per heavy atom. The Hall–Kier alpha value is -0.530. The number of halogens is 1. The van der Waals surface area contributed by atoms with E-state index in [1.807, 2.05) is 6.07 Å². The molecule has 1 aliphatic carbocycles. The smallest absolute Gasteiger partial charge is 0.0408 e. The summed E-state index contributed by atoms with van der Waals surface area (Å²) in [6.45, 7) is 2.33. The van der Waals surface area contributed by atoms with Crippen LogP contribution in [0.3, 0.4) is 0 Å². The van der Waals surface area contributed by atoms with Gasteiger partial charge in [-0.05, 0) is 55.8 Å². The van der Waals surface area contributed by atoms with Crippen molar-refractivity contribution in [3.8, 4) is 0 Å². The molecule has 0 saturated heterocycles. The Bertz CT molecular complexity index is 391. The molecule has 19 heavy (non-hydrogen) atoms. The molecule has 1 aromatic carbocycles. The molecule has 0 amide bonds. The number of hydrogen-bond acceptors (Lipinski definition) is 1. The third-order valence-corrected chi connectivity index (χ3v) is 4.92. The quantitative estimate of drug-likeness (QED) is 0.825. The van der Waals surface area contributed by atoms with Gasteiger partial charge in [0.15, 0.2) is 0 Å². The second-order valence-corrected chi connectivity index (χ2v) is 6.37. The van der Waals surface area contributed by atoms with Crippen molar-refractivity contribution in [2.24, 2.45) is 11.8 Å². The Kier molecular flexibility index (Phi) is 5.72. The molecule has 106 valence electrons. The van der Waals surface area contributed by atoms with Gasteiger partial charge >= 0.3 is 0 Å². The van der Waals surface area contributed by atoms with E-state index in [-0.39, 0.29) is 0 Å². The van der Waals surface area contributed by atoms with Gasteiger partial charge in [-0.3, -0.25) is 0 Å². The summed E-state index contributed by atoms with van der Waals surface area (Å²) in [4.78, 5) is 0. The van der Waals surface area contributed by atoms with Crippen molar-refractivity contribution < 1.29 is 0 Å². The molecular weight excluding hydrogens is 254 g/mol. The monoisotopic (exact) mass is 279 g/mol. The highest BCUT2D eigenvalue weighted by Gasteiger charge is 2.26. The van der Waals surface area contributed by atoms with Crippen LogP contribution in [0, 0.1) is 11.8 Å². The van der Waals surface area contributed by atoms with Gasteiger partial charge in [0.1, 0.15) is 0 Å². The van der Waals surface area contributed by atoms with E-state index < -0.39 is 0 Å². The van der Waals surface area contributed by atoms with Crippen LogP contribution in [-0.4, -0.2) is 13.1 Å². The molecule has 3 unspecified atom stereocenters. The zero-order chi connectivity index (χ0) is 13.7. The fraction of sp³-hybridized carbons (Fsp3) is 0.647. The van der Waals surface area contributed by atoms with Gasteiger partial charge in [-0.15, -0.1) is 0 Å². The lowest BCUT2D eigenvalue weighted by Gasteiger charge is -2.34. The molecule has 1 aromatic rings. The summed E-state index contributed by atoms with van der Waals surface area (Å²) in [6, 6.07) is 8.89. The van der Waals surface area contributed by atoms with Gasteiger partial charge in [0.25, 0.3) is 0 Å². The molecule has 0 heterocycles. The predicted octanol–water partition coefficient (Wildman–Crippen LogP) is 4.69. The first-order valence-corrected chi connectivity index (χ1v) is 8.02. The molecule has 1 N–H and O–H groups in total. The van der Waals surface area contributed by atoms with Crippen LogP contribution < -0.4 is 5.32 Å². The van der Waals surface area contributed by atoms with E-state index in [9.17, 15) is 0 Å². The maximum Gasteiger partial charge on any atom is 0.0408 e. The van der Waals surface area contributed by atoms with E-state index in [2.05, 4.69) is 37.5 Å². The summed E-state index contributed by atoms with van der Waals surface area (Å²) in [6.07, 6.45) is 8.03. The highest BCUT2D eigenvalue weighted by Crippen LogP contribution is 2.33. The minimum atomic E-state index is 0.591. The third kappa shape index (κ3) is 4.22. The number of nitrogens with one attached hydrogen (secondary N) is 1. The normalized spacial score (nSPS) is 25.2. The fourth-order valence-corrected chi connectivity index (χ4v) is 3.70. The maximum absolute atomic E-state index is 6.08. The van der Waals surface area contributed by atoms with Crippen molar-refractivity contribution in [1.29, 1.82) is 0 Å². The zero-order valence-corrected chi connectivity index (χ0v) is 12.9. The number of hydrogen-bond donors (Lipinski definition) is 1. The SMILES string of the molecule is CCC1CCCC(C(Cc2cccc(Cl)c2)NC)C1. The Morgan fingerprint density at radius 2 is 2.21 bits per heavy atom. The largest absolute Gasteiger partial charge is 0.316 e. The minimum absolute atomic E-state index is 0.591. The van der Waals surface area contributed by atoms with Gasteiger partial charge in [0.2, 0.25) is 0 Å². The van der Waals surface area contributed by atoms with E-state index in [1.165, 1.54) is 37.7 Å². The summed E-state index contributed by atoms with van der Waals surface area (Å²) in [7, 11) is 2.10. The van der Waals surface area contributed by atoms with Crippen molar-refractivity contribution in [3.05, 3.63) is 34.9 Å². The van der Waals surface area contributed by atoms with Crippen molar-refractivity contribution in [2.45, 2.75) is 51.5 Å². The molecule has 0 aromatic heterocycles. The van der Waals surface area contributed by atoms with Crippen LogP contribution in [0.15, 0.2) is 24.3 Å². The molecule has 0 bridgehead atoms. The molecule has 0 aliphatic heterocycles. The molecule has 1 fully saturated rings. The first-order valence-electron chi connectivity index (χ1n) is 7.64. The molecule has 2 rings (SSSR count). The summed E-state index contributed by atoms with van der Waals surface area (Å²) in [5.41, 5.74) is 1.35. The molecule has 0 spiro atoms. The average Bonchev–Trinajstić information content (AvgIpc) is 2.45. The van der Waals surface area contributed by atoms with Crippen molar-refractivity contribution in [2.75, 3.05) is 7.05 Å². The second-order valence-electron chi connectivity index (χ2n) is 5.93. The van der Waals surface area contributed by atoms with Crippen LogP contribution in [-0.2, 0) is 6.42 Å². The van der Waals surface area contributed by atoms with E-state index in [0.29, 0.717) is 6.04 Å². The van der Waals surface area contributed by atoms with E-state index in [4.69, 9.17) is 11.6 Å². The topological polar surface area (TPSA) is 12.0 Å². The van der Waals surface area contributed by atoms with Crippen LogP contribution in [0.1, 0.15) is 44.6 Å².